The number of aromatic nitrogens is 2. The lowest BCUT2D eigenvalue weighted by Crippen LogP contribution is -2.44. The van der Waals surface area contributed by atoms with Gasteiger partial charge in [0.05, 0.1) is 17.5 Å². The van der Waals surface area contributed by atoms with Gasteiger partial charge in [0.1, 0.15) is 0 Å². The lowest BCUT2D eigenvalue weighted by Gasteiger charge is -2.34. The molecule has 160 valence electrons. The smallest absolute Gasteiger partial charge is 0.312 e. The number of esters is 1. The van der Waals surface area contributed by atoms with E-state index in [1.54, 1.807) is 29.2 Å². The standard InChI is InChI=1S/C24H25N3O4/c28-22(27(17-9-3-1-4-10-17)18-11-5-2-6-12-18)16-31-23(29)15-21-19-13-7-8-14-20(19)24(30)26-25-21/h1,3-4,7-10,13-14,18H,2,5-6,11-12,15-16H2,(H,26,30). The molecule has 1 heterocycles. The fourth-order valence-corrected chi connectivity index (χ4v) is 4.19. The van der Waals surface area contributed by atoms with E-state index in [0.29, 0.717) is 16.5 Å². The Morgan fingerprint density at radius 1 is 0.968 bits per heavy atom. The number of carbonyl (C=O) groups excluding carboxylic acids is 2. The van der Waals surface area contributed by atoms with E-state index in [0.717, 1.165) is 31.4 Å². The molecule has 0 aliphatic heterocycles. The molecule has 7 heteroatoms. The first-order chi connectivity index (χ1) is 15.1. The summed E-state index contributed by atoms with van der Waals surface area (Å²) in [4.78, 5) is 39.2. The number of hydrogen-bond acceptors (Lipinski definition) is 5. The lowest BCUT2D eigenvalue weighted by molar-refractivity contribution is -0.147. The van der Waals surface area contributed by atoms with Crippen molar-refractivity contribution in [3.63, 3.8) is 0 Å². The number of rotatable bonds is 6. The van der Waals surface area contributed by atoms with Crippen LogP contribution < -0.4 is 10.5 Å². The van der Waals surface area contributed by atoms with Crippen molar-refractivity contribution < 1.29 is 14.3 Å². The van der Waals surface area contributed by atoms with Crippen LogP contribution in [0.5, 0.6) is 0 Å². The van der Waals surface area contributed by atoms with E-state index >= 15 is 0 Å². The molecular weight excluding hydrogens is 394 g/mol. The van der Waals surface area contributed by atoms with Crippen LogP contribution >= 0.6 is 0 Å². The molecule has 0 radical (unpaired) electrons. The molecule has 0 unspecified atom stereocenters. The van der Waals surface area contributed by atoms with Crippen LogP contribution in [-0.4, -0.2) is 34.7 Å². The third kappa shape index (κ3) is 4.82. The first-order valence-electron chi connectivity index (χ1n) is 10.6. The van der Waals surface area contributed by atoms with E-state index in [-0.39, 0.29) is 30.5 Å². The summed E-state index contributed by atoms with van der Waals surface area (Å²) < 4.78 is 5.32. The Morgan fingerprint density at radius 2 is 1.65 bits per heavy atom. The van der Waals surface area contributed by atoms with Gasteiger partial charge in [-0.3, -0.25) is 14.4 Å². The van der Waals surface area contributed by atoms with Crippen molar-refractivity contribution in [2.24, 2.45) is 0 Å². The quantitative estimate of drug-likeness (QED) is 0.619. The van der Waals surface area contributed by atoms with Gasteiger partial charge in [0.2, 0.25) is 0 Å². The zero-order valence-electron chi connectivity index (χ0n) is 17.3. The Kier molecular flexibility index (Phi) is 6.40. The molecule has 4 rings (SSSR count). The van der Waals surface area contributed by atoms with Gasteiger partial charge in [0.15, 0.2) is 6.61 Å². The Hall–Kier alpha value is -3.48. The van der Waals surface area contributed by atoms with Gasteiger partial charge in [-0.25, -0.2) is 5.10 Å². The first-order valence-corrected chi connectivity index (χ1v) is 10.6. The fraction of sp³-hybridized carbons (Fsp3) is 0.333. The zero-order valence-corrected chi connectivity index (χ0v) is 17.3. The van der Waals surface area contributed by atoms with Crippen LogP contribution in [0.3, 0.4) is 0 Å². The molecular formula is C24H25N3O4. The average Bonchev–Trinajstić information content (AvgIpc) is 2.81. The normalized spacial score (nSPS) is 14.3. The molecule has 1 N–H and O–H groups in total. The molecule has 1 aliphatic rings. The Balaban J connectivity index is 1.45. The van der Waals surface area contributed by atoms with Crippen LogP contribution in [0.4, 0.5) is 5.69 Å². The summed E-state index contributed by atoms with van der Waals surface area (Å²) in [5.74, 6) is -0.791. The second-order valence-electron chi connectivity index (χ2n) is 7.77. The van der Waals surface area contributed by atoms with Gasteiger partial charge >= 0.3 is 5.97 Å². The second kappa shape index (κ2) is 9.55. The maximum absolute atomic E-state index is 13.0. The van der Waals surface area contributed by atoms with E-state index < -0.39 is 5.97 Å². The molecule has 0 atom stereocenters. The Labute approximate surface area is 180 Å². The summed E-state index contributed by atoms with van der Waals surface area (Å²) >= 11 is 0. The molecule has 1 aromatic heterocycles. The van der Waals surface area contributed by atoms with Crippen molar-refractivity contribution in [3.05, 3.63) is 70.6 Å². The number of aromatic amines is 1. The number of benzene rings is 2. The molecule has 0 saturated heterocycles. The molecule has 1 aliphatic carbocycles. The van der Waals surface area contributed by atoms with E-state index in [1.165, 1.54) is 6.42 Å². The van der Waals surface area contributed by atoms with Crippen molar-refractivity contribution in [3.8, 4) is 0 Å². The number of fused-ring (bicyclic) bond motifs is 1. The number of carbonyl (C=O) groups is 2. The average molecular weight is 419 g/mol. The monoisotopic (exact) mass is 419 g/mol. The summed E-state index contributed by atoms with van der Waals surface area (Å²) in [5.41, 5.74) is 0.928. The van der Waals surface area contributed by atoms with Gasteiger partial charge in [-0.05, 0) is 31.0 Å². The second-order valence-corrected chi connectivity index (χ2v) is 7.77. The first kappa shape index (κ1) is 20.8. The van der Waals surface area contributed by atoms with Gasteiger partial charge in [-0.2, -0.15) is 5.10 Å². The maximum Gasteiger partial charge on any atom is 0.312 e. The highest BCUT2D eigenvalue weighted by Gasteiger charge is 2.27. The number of ether oxygens (including phenoxy) is 1. The predicted molar refractivity (Wildman–Crippen MR) is 118 cm³/mol. The molecule has 3 aromatic rings. The number of nitrogens with one attached hydrogen (secondary N) is 1. The third-order valence-electron chi connectivity index (χ3n) is 5.69. The highest BCUT2D eigenvalue weighted by molar-refractivity contribution is 5.96. The largest absolute Gasteiger partial charge is 0.455 e. The van der Waals surface area contributed by atoms with Gasteiger partial charge in [0, 0.05) is 17.1 Å². The summed E-state index contributed by atoms with van der Waals surface area (Å²) in [5, 5.41) is 7.46. The maximum atomic E-state index is 13.0. The van der Waals surface area contributed by atoms with Crippen molar-refractivity contribution in [2.45, 2.75) is 44.6 Å². The van der Waals surface area contributed by atoms with Crippen molar-refractivity contribution in [1.82, 2.24) is 10.2 Å². The highest BCUT2D eigenvalue weighted by Crippen LogP contribution is 2.27. The van der Waals surface area contributed by atoms with Gasteiger partial charge in [-0.15, -0.1) is 0 Å². The number of amides is 1. The zero-order chi connectivity index (χ0) is 21.6. The molecule has 1 amide bonds. The minimum Gasteiger partial charge on any atom is -0.455 e. The van der Waals surface area contributed by atoms with E-state index in [2.05, 4.69) is 10.2 Å². The van der Waals surface area contributed by atoms with Crippen molar-refractivity contribution >= 4 is 28.3 Å². The summed E-state index contributed by atoms with van der Waals surface area (Å²) in [6.07, 6.45) is 5.13. The lowest BCUT2D eigenvalue weighted by atomic mass is 9.93. The SMILES string of the molecule is O=C(Cc1n[nH]c(=O)c2ccccc12)OCC(=O)N(c1ccccc1)C1CCCCC1. The third-order valence-corrected chi connectivity index (χ3v) is 5.69. The van der Waals surface area contributed by atoms with Crippen LogP contribution in [0.1, 0.15) is 37.8 Å². The van der Waals surface area contributed by atoms with E-state index in [4.69, 9.17) is 4.74 Å². The molecule has 1 saturated carbocycles. The fourth-order valence-electron chi connectivity index (χ4n) is 4.19. The minimum atomic E-state index is -0.560. The van der Waals surface area contributed by atoms with Crippen LogP contribution in [0.2, 0.25) is 0 Å². The van der Waals surface area contributed by atoms with Gasteiger partial charge < -0.3 is 9.64 Å². The minimum absolute atomic E-state index is 0.118. The molecule has 0 spiro atoms. The van der Waals surface area contributed by atoms with Crippen molar-refractivity contribution in [1.29, 1.82) is 0 Å². The number of anilines is 1. The summed E-state index contributed by atoms with van der Waals surface area (Å²) in [6, 6.07) is 16.6. The van der Waals surface area contributed by atoms with Gasteiger partial charge in [-0.1, -0.05) is 55.7 Å². The highest BCUT2D eigenvalue weighted by atomic mass is 16.5. The summed E-state index contributed by atoms with van der Waals surface area (Å²) in [7, 11) is 0. The molecule has 2 aromatic carbocycles. The number of nitrogens with zero attached hydrogens (tertiary/aromatic N) is 2. The van der Waals surface area contributed by atoms with Crippen LogP contribution in [0, 0.1) is 0 Å². The number of para-hydroxylation sites is 1. The Bertz CT molecular complexity index is 1120. The summed E-state index contributed by atoms with van der Waals surface area (Å²) in [6.45, 7) is -0.328. The molecule has 31 heavy (non-hydrogen) atoms. The van der Waals surface area contributed by atoms with Gasteiger partial charge in [0.25, 0.3) is 11.5 Å². The number of H-pyrrole nitrogens is 1. The predicted octanol–water partition coefficient (Wildman–Crippen LogP) is 3.37. The van der Waals surface area contributed by atoms with E-state index in [1.807, 2.05) is 30.3 Å². The number of hydrogen-bond donors (Lipinski definition) is 1. The topological polar surface area (TPSA) is 92.4 Å². The van der Waals surface area contributed by atoms with E-state index in [9.17, 15) is 14.4 Å². The van der Waals surface area contributed by atoms with Crippen molar-refractivity contribution in [2.75, 3.05) is 11.5 Å². The van der Waals surface area contributed by atoms with Crippen LogP contribution in [0.25, 0.3) is 10.8 Å². The molecule has 0 bridgehead atoms. The molecule has 1 fully saturated rings. The van der Waals surface area contributed by atoms with Crippen LogP contribution in [-0.2, 0) is 20.7 Å². The Morgan fingerprint density at radius 3 is 2.39 bits per heavy atom. The van der Waals surface area contributed by atoms with Crippen LogP contribution in [0.15, 0.2) is 59.4 Å². The molecule has 7 nitrogen and oxygen atoms in total.